The molecule has 0 aromatic carbocycles. The summed E-state index contributed by atoms with van der Waals surface area (Å²) in [5.74, 6) is 2.24. The maximum Gasteiger partial charge on any atom is 0.255 e. The number of hydrogen-bond donors (Lipinski definition) is 1. The molecule has 2 aliphatic heterocycles. The number of anilines is 1. The summed E-state index contributed by atoms with van der Waals surface area (Å²) in [4.78, 5) is 33.7. The third kappa shape index (κ3) is 5.71. The number of amides is 2. The molecule has 1 aromatic heterocycles. The monoisotopic (exact) mass is 400 g/mol. The van der Waals surface area contributed by atoms with Gasteiger partial charge in [-0.2, -0.15) is 0 Å². The number of nitrogens with zero attached hydrogens (tertiary/aromatic N) is 3. The molecule has 0 radical (unpaired) electrons. The average molecular weight is 401 g/mol. The van der Waals surface area contributed by atoms with Crippen LogP contribution in [0.4, 0.5) is 5.82 Å². The summed E-state index contributed by atoms with van der Waals surface area (Å²) in [6.45, 7) is 12.3. The second-order valence-corrected chi connectivity index (χ2v) is 9.79. The maximum atomic E-state index is 12.7. The van der Waals surface area contributed by atoms with Crippen LogP contribution >= 0.6 is 0 Å². The van der Waals surface area contributed by atoms with E-state index in [1.54, 1.807) is 6.20 Å². The Labute approximate surface area is 175 Å². The van der Waals surface area contributed by atoms with Gasteiger partial charge in [-0.25, -0.2) is 4.98 Å². The molecule has 6 heteroatoms. The van der Waals surface area contributed by atoms with Crippen molar-refractivity contribution in [3.05, 3.63) is 23.9 Å². The van der Waals surface area contributed by atoms with E-state index in [1.165, 1.54) is 0 Å². The lowest BCUT2D eigenvalue weighted by Crippen LogP contribution is -2.43. The molecule has 1 aromatic rings. The van der Waals surface area contributed by atoms with Gasteiger partial charge in [0.15, 0.2) is 0 Å². The first-order chi connectivity index (χ1) is 13.7. The molecule has 160 valence electrons. The van der Waals surface area contributed by atoms with Crippen molar-refractivity contribution < 1.29 is 9.59 Å². The fourth-order valence-corrected chi connectivity index (χ4v) is 4.04. The summed E-state index contributed by atoms with van der Waals surface area (Å²) >= 11 is 0. The number of carbonyl (C=O) groups excluding carboxylic acids is 2. The van der Waals surface area contributed by atoms with Crippen LogP contribution in [0.25, 0.3) is 0 Å². The van der Waals surface area contributed by atoms with E-state index < -0.39 is 0 Å². The summed E-state index contributed by atoms with van der Waals surface area (Å²) < 4.78 is 0. The van der Waals surface area contributed by atoms with Gasteiger partial charge in [0.25, 0.3) is 5.91 Å². The van der Waals surface area contributed by atoms with Crippen molar-refractivity contribution in [1.82, 2.24) is 15.2 Å². The topological polar surface area (TPSA) is 65.5 Å². The van der Waals surface area contributed by atoms with E-state index >= 15 is 0 Å². The minimum atomic E-state index is -0.356. The van der Waals surface area contributed by atoms with Crippen LogP contribution in [0.5, 0.6) is 0 Å². The van der Waals surface area contributed by atoms with Crippen molar-refractivity contribution >= 4 is 17.6 Å². The van der Waals surface area contributed by atoms with Gasteiger partial charge >= 0.3 is 0 Å². The Kier molecular flexibility index (Phi) is 6.81. The van der Waals surface area contributed by atoms with Crippen molar-refractivity contribution in [3.8, 4) is 0 Å². The van der Waals surface area contributed by atoms with Gasteiger partial charge in [-0.3, -0.25) is 9.59 Å². The van der Waals surface area contributed by atoms with Gasteiger partial charge in [0.1, 0.15) is 5.82 Å². The predicted octanol–water partition coefficient (Wildman–Crippen LogP) is 3.33. The van der Waals surface area contributed by atoms with Gasteiger partial charge in [0, 0.05) is 44.3 Å². The van der Waals surface area contributed by atoms with E-state index in [0.29, 0.717) is 23.9 Å². The first kappa shape index (κ1) is 21.6. The van der Waals surface area contributed by atoms with Crippen molar-refractivity contribution in [2.24, 2.45) is 17.3 Å². The van der Waals surface area contributed by atoms with E-state index in [-0.39, 0.29) is 17.2 Å². The molecule has 29 heavy (non-hydrogen) atoms. The van der Waals surface area contributed by atoms with Gasteiger partial charge < -0.3 is 15.1 Å². The zero-order chi connectivity index (χ0) is 21.0. The zero-order valence-electron chi connectivity index (χ0n) is 18.4. The molecular formula is C23H36N4O2. The van der Waals surface area contributed by atoms with Crippen LogP contribution in [0.15, 0.2) is 18.3 Å². The molecule has 1 atom stereocenters. The molecule has 2 aliphatic rings. The Balaban J connectivity index is 1.55. The quantitative estimate of drug-likeness (QED) is 0.842. The molecular weight excluding hydrogens is 364 g/mol. The van der Waals surface area contributed by atoms with Crippen LogP contribution in [0, 0.1) is 17.3 Å². The first-order valence-electron chi connectivity index (χ1n) is 11.0. The molecule has 0 aliphatic carbocycles. The molecule has 2 amide bonds. The van der Waals surface area contributed by atoms with Crippen LogP contribution < -0.4 is 10.2 Å². The molecule has 1 N–H and O–H groups in total. The molecule has 0 bridgehead atoms. The predicted molar refractivity (Wildman–Crippen MR) is 116 cm³/mol. The van der Waals surface area contributed by atoms with E-state index in [4.69, 9.17) is 0 Å². The van der Waals surface area contributed by atoms with Gasteiger partial charge in [-0.1, -0.05) is 27.7 Å². The van der Waals surface area contributed by atoms with Gasteiger partial charge in [0.2, 0.25) is 5.91 Å². The van der Waals surface area contributed by atoms with Crippen LogP contribution in [-0.2, 0) is 4.79 Å². The number of pyridine rings is 1. The lowest BCUT2D eigenvalue weighted by atomic mass is 9.94. The summed E-state index contributed by atoms with van der Waals surface area (Å²) in [7, 11) is 0. The van der Waals surface area contributed by atoms with Crippen LogP contribution in [0.2, 0.25) is 0 Å². The highest BCUT2D eigenvalue weighted by Crippen LogP contribution is 2.23. The summed E-state index contributed by atoms with van der Waals surface area (Å²) in [5.41, 5.74) is 0.319. The summed E-state index contributed by atoms with van der Waals surface area (Å²) in [6.07, 6.45) is 6.09. The number of likely N-dealkylation sites (tertiary alicyclic amines) is 1. The SMILES string of the molecule is CC1CCN(C(=O)c2ccc(N3CCCC(CNC(=O)C(C)(C)C)C3)nc2)CC1. The Morgan fingerprint density at radius 3 is 2.48 bits per heavy atom. The second-order valence-electron chi connectivity index (χ2n) is 9.79. The number of hydrogen-bond acceptors (Lipinski definition) is 4. The fourth-order valence-electron chi connectivity index (χ4n) is 4.04. The molecule has 2 fully saturated rings. The smallest absolute Gasteiger partial charge is 0.255 e. The Hall–Kier alpha value is -2.11. The minimum Gasteiger partial charge on any atom is -0.356 e. The Morgan fingerprint density at radius 1 is 1.14 bits per heavy atom. The van der Waals surface area contributed by atoms with E-state index in [2.05, 4.69) is 22.1 Å². The lowest BCUT2D eigenvalue weighted by Gasteiger charge is -2.34. The molecule has 0 spiro atoms. The average Bonchev–Trinajstić information content (AvgIpc) is 2.71. The molecule has 6 nitrogen and oxygen atoms in total. The minimum absolute atomic E-state index is 0.0948. The van der Waals surface area contributed by atoms with Gasteiger partial charge in [-0.05, 0) is 49.7 Å². The van der Waals surface area contributed by atoms with Crippen molar-refractivity contribution in [3.63, 3.8) is 0 Å². The summed E-state index contributed by atoms with van der Waals surface area (Å²) in [6, 6.07) is 3.88. The van der Waals surface area contributed by atoms with E-state index in [9.17, 15) is 9.59 Å². The zero-order valence-corrected chi connectivity index (χ0v) is 18.4. The second kappa shape index (κ2) is 9.14. The highest BCUT2D eigenvalue weighted by molar-refractivity contribution is 5.94. The maximum absolute atomic E-state index is 12.7. The molecule has 0 saturated carbocycles. The number of nitrogens with one attached hydrogen (secondary N) is 1. The molecule has 1 unspecified atom stereocenters. The molecule has 3 rings (SSSR count). The fraction of sp³-hybridized carbons (Fsp3) is 0.696. The highest BCUT2D eigenvalue weighted by Gasteiger charge is 2.26. The van der Waals surface area contributed by atoms with E-state index in [1.807, 2.05) is 37.8 Å². The third-order valence-electron chi connectivity index (χ3n) is 6.14. The highest BCUT2D eigenvalue weighted by atomic mass is 16.2. The number of aromatic nitrogens is 1. The molecule has 3 heterocycles. The van der Waals surface area contributed by atoms with Crippen LogP contribution in [0.1, 0.15) is 63.7 Å². The van der Waals surface area contributed by atoms with Crippen molar-refractivity contribution in [2.75, 3.05) is 37.6 Å². The van der Waals surface area contributed by atoms with Crippen molar-refractivity contribution in [2.45, 2.75) is 53.4 Å². The standard InChI is InChI=1S/C23H36N4O2/c1-17-9-12-26(13-10-17)21(28)19-7-8-20(24-15-19)27-11-5-6-18(16-27)14-25-22(29)23(2,3)4/h7-8,15,17-18H,5-6,9-14,16H2,1-4H3,(H,25,29). The first-order valence-corrected chi connectivity index (χ1v) is 11.0. The number of carbonyl (C=O) groups is 2. The Morgan fingerprint density at radius 2 is 1.86 bits per heavy atom. The van der Waals surface area contributed by atoms with Crippen molar-refractivity contribution in [1.29, 1.82) is 0 Å². The van der Waals surface area contributed by atoms with Crippen LogP contribution in [0.3, 0.4) is 0 Å². The Bertz CT molecular complexity index is 703. The van der Waals surface area contributed by atoms with Crippen LogP contribution in [-0.4, -0.2) is 54.4 Å². The number of rotatable bonds is 4. The number of piperidine rings is 2. The summed E-state index contributed by atoms with van der Waals surface area (Å²) in [5, 5.41) is 3.09. The van der Waals surface area contributed by atoms with E-state index in [0.717, 1.165) is 57.7 Å². The molecule has 2 saturated heterocycles. The third-order valence-corrected chi connectivity index (χ3v) is 6.14. The normalized spacial score (nSPS) is 21.2. The largest absolute Gasteiger partial charge is 0.356 e. The van der Waals surface area contributed by atoms with Gasteiger partial charge in [-0.15, -0.1) is 0 Å². The lowest BCUT2D eigenvalue weighted by molar-refractivity contribution is -0.128. The van der Waals surface area contributed by atoms with Gasteiger partial charge in [0.05, 0.1) is 5.56 Å².